The van der Waals surface area contributed by atoms with Crippen LogP contribution >= 0.6 is 0 Å². The normalized spacial score (nSPS) is 24.7. The van der Waals surface area contributed by atoms with Gasteiger partial charge in [-0.25, -0.2) is 4.99 Å². The minimum Gasteiger partial charge on any atom is -0.369 e. The van der Waals surface area contributed by atoms with Crippen molar-refractivity contribution >= 4 is 5.96 Å². The Balaban J connectivity index is 1.94. The monoisotopic (exact) mass is 205 g/mol. The molecule has 0 bridgehead atoms. The van der Waals surface area contributed by atoms with Crippen molar-refractivity contribution in [3.63, 3.8) is 0 Å². The molecule has 1 aromatic carbocycles. The molecule has 80 valence electrons. The molecule has 0 radical (unpaired) electrons. The SMILES string of the molecule is NC1=NC(N)(CCc2ccccc2)NN1. The molecule has 0 saturated carbocycles. The Kier molecular flexibility index (Phi) is 2.57. The summed E-state index contributed by atoms with van der Waals surface area (Å²) < 4.78 is 0. The highest BCUT2D eigenvalue weighted by molar-refractivity contribution is 5.79. The van der Waals surface area contributed by atoms with Gasteiger partial charge in [-0.3, -0.25) is 11.2 Å². The molecule has 2 rings (SSSR count). The van der Waals surface area contributed by atoms with Gasteiger partial charge in [-0.2, -0.15) is 5.43 Å². The molecule has 1 heterocycles. The van der Waals surface area contributed by atoms with Gasteiger partial charge >= 0.3 is 0 Å². The summed E-state index contributed by atoms with van der Waals surface area (Å²) in [6.07, 6.45) is 1.56. The van der Waals surface area contributed by atoms with Crippen molar-refractivity contribution in [2.24, 2.45) is 16.5 Å². The maximum atomic E-state index is 5.96. The van der Waals surface area contributed by atoms with Crippen LogP contribution in [-0.4, -0.2) is 11.7 Å². The zero-order valence-corrected chi connectivity index (χ0v) is 8.40. The first-order valence-electron chi connectivity index (χ1n) is 4.89. The van der Waals surface area contributed by atoms with Crippen LogP contribution in [-0.2, 0) is 6.42 Å². The van der Waals surface area contributed by atoms with E-state index in [0.717, 1.165) is 6.42 Å². The van der Waals surface area contributed by atoms with Crippen LogP contribution in [0.4, 0.5) is 0 Å². The van der Waals surface area contributed by atoms with Crippen molar-refractivity contribution in [1.29, 1.82) is 0 Å². The van der Waals surface area contributed by atoms with Gasteiger partial charge in [-0.15, -0.1) is 0 Å². The molecule has 5 heteroatoms. The van der Waals surface area contributed by atoms with E-state index in [2.05, 4.69) is 28.0 Å². The Morgan fingerprint density at radius 3 is 2.60 bits per heavy atom. The van der Waals surface area contributed by atoms with Gasteiger partial charge in [0.25, 0.3) is 0 Å². The van der Waals surface area contributed by atoms with E-state index in [1.165, 1.54) is 5.56 Å². The second-order valence-corrected chi connectivity index (χ2v) is 3.66. The van der Waals surface area contributed by atoms with Crippen molar-refractivity contribution < 1.29 is 0 Å². The molecular weight excluding hydrogens is 190 g/mol. The predicted molar refractivity (Wildman–Crippen MR) is 59.6 cm³/mol. The van der Waals surface area contributed by atoms with Gasteiger partial charge in [0, 0.05) is 6.42 Å². The van der Waals surface area contributed by atoms with E-state index in [1.54, 1.807) is 0 Å². The fourth-order valence-electron chi connectivity index (χ4n) is 1.54. The van der Waals surface area contributed by atoms with Gasteiger partial charge in [0.2, 0.25) is 5.96 Å². The number of hydrogen-bond donors (Lipinski definition) is 4. The summed E-state index contributed by atoms with van der Waals surface area (Å²) in [5.41, 5.74) is 18.2. The fourth-order valence-corrected chi connectivity index (χ4v) is 1.54. The number of benzene rings is 1. The van der Waals surface area contributed by atoms with E-state index in [4.69, 9.17) is 11.5 Å². The second-order valence-electron chi connectivity index (χ2n) is 3.66. The Bertz CT molecular complexity index is 361. The summed E-state index contributed by atoms with van der Waals surface area (Å²) in [7, 11) is 0. The summed E-state index contributed by atoms with van der Waals surface area (Å²) in [6, 6.07) is 10.2. The van der Waals surface area contributed by atoms with Crippen LogP contribution in [0.25, 0.3) is 0 Å². The Morgan fingerprint density at radius 1 is 1.27 bits per heavy atom. The van der Waals surface area contributed by atoms with Gasteiger partial charge in [0.05, 0.1) is 0 Å². The van der Waals surface area contributed by atoms with Crippen LogP contribution in [0.2, 0.25) is 0 Å². The average molecular weight is 205 g/mol. The van der Waals surface area contributed by atoms with E-state index in [1.807, 2.05) is 18.2 Å². The lowest BCUT2D eigenvalue weighted by molar-refractivity contribution is 0.337. The summed E-state index contributed by atoms with van der Waals surface area (Å²) in [5, 5.41) is 0. The Labute approximate surface area is 88.5 Å². The van der Waals surface area contributed by atoms with Crippen LogP contribution in [0.15, 0.2) is 35.3 Å². The summed E-state index contributed by atoms with van der Waals surface area (Å²) in [4.78, 5) is 4.09. The van der Waals surface area contributed by atoms with E-state index >= 15 is 0 Å². The van der Waals surface area contributed by atoms with E-state index in [-0.39, 0.29) is 0 Å². The molecule has 0 fully saturated rings. The minimum absolute atomic E-state index is 0.338. The minimum atomic E-state index is -0.778. The van der Waals surface area contributed by atoms with Gasteiger partial charge in [-0.1, -0.05) is 30.3 Å². The molecule has 5 nitrogen and oxygen atoms in total. The van der Waals surface area contributed by atoms with E-state index in [9.17, 15) is 0 Å². The molecule has 0 saturated heterocycles. The summed E-state index contributed by atoms with van der Waals surface area (Å²) >= 11 is 0. The van der Waals surface area contributed by atoms with Crippen LogP contribution in [0, 0.1) is 0 Å². The van der Waals surface area contributed by atoms with E-state index < -0.39 is 5.79 Å². The largest absolute Gasteiger partial charge is 0.369 e. The number of nitrogens with one attached hydrogen (secondary N) is 2. The number of nitrogens with two attached hydrogens (primary N) is 2. The number of hydrazine groups is 1. The van der Waals surface area contributed by atoms with Crippen molar-refractivity contribution in [1.82, 2.24) is 10.9 Å². The molecule has 1 unspecified atom stereocenters. The number of nitrogens with zero attached hydrogens (tertiary/aromatic N) is 1. The smallest absolute Gasteiger partial charge is 0.206 e. The highest BCUT2D eigenvalue weighted by Gasteiger charge is 2.28. The van der Waals surface area contributed by atoms with Crippen molar-refractivity contribution in [2.45, 2.75) is 18.6 Å². The van der Waals surface area contributed by atoms with Crippen molar-refractivity contribution in [2.75, 3.05) is 0 Å². The van der Waals surface area contributed by atoms with E-state index in [0.29, 0.717) is 12.4 Å². The van der Waals surface area contributed by atoms with Gasteiger partial charge in [0.15, 0.2) is 5.79 Å². The average Bonchev–Trinajstić information content (AvgIpc) is 2.58. The lowest BCUT2D eigenvalue weighted by Crippen LogP contribution is -2.53. The highest BCUT2D eigenvalue weighted by Crippen LogP contribution is 2.12. The lowest BCUT2D eigenvalue weighted by atomic mass is 10.1. The molecule has 15 heavy (non-hydrogen) atoms. The third kappa shape index (κ3) is 2.45. The Morgan fingerprint density at radius 2 is 2.00 bits per heavy atom. The first kappa shape index (κ1) is 9.95. The highest BCUT2D eigenvalue weighted by atomic mass is 15.6. The van der Waals surface area contributed by atoms with Crippen LogP contribution in [0.3, 0.4) is 0 Å². The molecule has 1 atom stereocenters. The third-order valence-corrected chi connectivity index (χ3v) is 2.36. The molecule has 0 aliphatic carbocycles. The zero-order valence-electron chi connectivity index (χ0n) is 8.40. The molecular formula is C10H15N5. The zero-order chi connectivity index (χ0) is 10.7. The second kappa shape index (κ2) is 3.88. The quantitative estimate of drug-likeness (QED) is 0.543. The fraction of sp³-hybridized carbons (Fsp3) is 0.300. The topological polar surface area (TPSA) is 88.5 Å². The molecule has 6 N–H and O–H groups in total. The van der Waals surface area contributed by atoms with Gasteiger partial charge in [0.1, 0.15) is 0 Å². The van der Waals surface area contributed by atoms with Gasteiger partial charge < -0.3 is 5.73 Å². The molecule has 0 amide bonds. The van der Waals surface area contributed by atoms with Crippen LogP contribution < -0.4 is 22.3 Å². The molecule has 1 aromatic rings. The number of aryl methyl sites for hydroxylation is 1. The Hall–Kier alpha value is -1.59. The number of guanidine groups is 1. The number of hydrogen-bond acceptors (Lipinski definition) is 5. The van der Waals surface area contributed by atoms with Crippen LogP contribution in [0.5, 0.6) is 0 Å². The number of rotatable bonds is 3. The molecule has 0 aromatic heterocycles. The third-order valence-electron chi connectivity index (χ3n) is 2.36. The predicted octanol–water partition coefficient (Wildman–Crippen LogP) is -0.346. The molecule has 1 aliphatic heterocycles. The van der Waals surface area contributed by atoms with Crippen molar-refractivity contribution in [3.05, 3.63) is 35.9 Å². The number of aliphatic imine (C=N–C) groups is 1. The van der Waals surface area contributed by atoms with Crippen molar-refractivity contribution in [3.8, 4) is 0 Å². The van der Waals surface area contributed by atoms with Crippen LogP contribution in [0.1, 0.15) is 12.0 Å². The molecule has 0 spiro atoms. The standard InChI is InChI=1S/C10H15N5/c11-9-13-10(12,15-14-9)7-6-8-4-2-1-3-5-8/h1-5,15H,6-7,12H2,(H3,11,13,14). The maximum absolute atomic E-state index is 5.96. The first-order chi connectivity index (χ1) is 7.18. The maximum Gasteiger partial charge on any atom is 0.206 e. The summed E-state index contributed by atoms with van der Waals surface area (Å²) in [6.45, 7) is 0. The molecule has 1 aliphatic rings. The summed E-state index contributed by atoms with van der Waals surface area (Å²) in [5.74, 6) is -0.439. The first-order valence-corrected chi connectivity index (χ1v) is 4.89. The lowest BCUT2D eigenvalue weighted by Gasteiger charge is -2.19. The van der Waals surface area contributed by atoms with Gasteiger partial charge in [-0.05, 0) is 12.0 Å².